The Morgan fingerprint density at radius 2 is 2.08 bits per heavy atom. The molecular weight excluding hydrogens is 251 g/mol. The number of halogens is 1. The number of rotatable bonds is 1. The SMILES string of the molecule is Cc1ccc(Br)cc1S(=O)[O-].[Na+]. The van der Waals surface area contributed by atoms with Crippen LogP contribution in [0, 0.1) is 6.92 Å². The van der Waals surface area contributed by atoms with E-state index < -0.39 is 11.1 Å². The van der Waals surface area contributed by atoms with E-state index in [1.807, 2.05) is 6.07 Å². The molecule has 2 nitrogen and oxygen atoms in total. The molecule has 0 aliphatic rings. The summed E-state index contributed by atoms with van der Waals surface area (Å²) in [5.74, 6) is 0. The van der Waals surface area contributed by atoms with Crippen molar-refractivity contribution in [1.29, 1.82) is 0 Å². The van der Waals surface area contributed by atoms with E-state index in [1.54, 1.807) is 19.1 Å². The predicted molar refractivity (Wildman–Crippen MR) is 46.1 cm³/mol. The molecule has 0 N–H and O–H groups in total. The van der Waals surface area contributed by atoms with Crippen molar-refractivity contribution in [3.05, 3.63) is 28.2 Å². The number of aryl methyl sites for hydroxylation is 1. The Bertz CT molecular complexity index is 303. The van der Waals surface area contributed by atoms with Crippen LogP contribution in [0.25, 0.3) is 0 Å². The smallest absolute Gasteiger partial charge is 0.768 e. The normalized spacial score (nSPS) is 11.9. The second-order valence-electron chi connectivity index (χ2n) is 2.14. The minimum Gasteiger partial charge on any atom is -0.768 e. The Balaban J connectivity index is 0.00000121. The van der Waals surface area contributed by atoms with Crippen molar-refractivity contribution >= 4 is 27.0 Å². The number of hydrogen-bond donors (Lipinski definition) is 0. The first-order valence-corrected chi connectivity index (χ1v) is 4.83. The summed E-state index contributed by atoms with van der Waals surface area (Å²) in [7, 11) is 0. The van der Waals surface area contributed by atoms with Gasteiger partial charge in [0.1, 0.15) is 0 Å². The molecule has 1 atom stereocenters. The minimum absolute atomic E-state index is 0. The monoisotopic (exact) mass is 256 g/mol. The fourth-order valence-corrected chi connectivity index (χ4v) is 1.82. The van der Waals surface area contributed by atoms with Gasteiger partial charge in [-0.1, -0.05) is 22.0 Å². The Morgan fingerprint density at radius 1 is 1.50 bits per heavy atom. The zero-order chi connectivity index (χ0) is 8.43. The molecular formula is C7H6BrNaO2S. The summed E-state index contributed by atoms with van der Waals surface area (Å²) in [5.41, 5.74) is 0.765. The van der Waals surface area contributed by atoms with Crippen molar-refractivity contribution in [2.45, 2.75) is 11.8 Å². The molecule has 0 aliphatic carbocycles. The van der Waals surface area contributed by atoms with Gasteiger partial charge in [0.15, 0.2) is 0 Å². The van der Waals surface area contributed by atoms with Crippen LogP contribution in [-0.4, -0.2) is 8.76 Å². The summed E-state index contributed by atoms with van der Waals surface area (Å²) in [6.07, 6.45) is 0. The maximum Gasteiger partial charge on any atom is 1.00 e. The zero-order valence-corrected chi connectivity index (χ0v) is 11.2. The standard InChI is InChI=1S/C7H7BrO2S.Na/c1-5-2-3-6(8)4-7(5)11(9)10;/h2-4H,1H3,(H,9,10);/q;+1/p-1. The van der Waals surface area contributed by atoms with E-state index >= 15 is 0 Å². The average Bonchev–Trinajstić information content (AvgIpc) is 1.94. The minimum atomic E-state index is -2.13. The van der Waals surface area contributed by atoms with Gasteiger partial charge < -0.3 is 4.55 Å². The molecule has 0 aromatic heterocycles. The molecule has 1 unspecified atom stereocenters. The summed E-state index contributed by atoms with van der Waals surface area (Å²) in [4.78, 5) is 0.347. The Hall–Kier alpha value is 0.810. The molecule has 0 amide bonds. The third-order valence-corrected chi connectivity index (χ3v) is 2.62. The van der Waals surface area contributed by atoms with E-state index in [2.05, 4.69) is 15.9 Å². The second-order valence-corrected chi connectivity index (χ2v) is 3.97. The second kappa shape index (κ2) is 5.52. The van der Waals surface area contributed by atoms with Crippen LogP contribution >= 0.6 is 15.9 Å². The van der Waals surface area contributed by atoms with E-state index in [-0.39, 0.29) is 29.6 Å². The van der Waals surface area contributed by atoms with Crippen molar-refractivity contribution in [2.75, 3.05) is 0 Å². The first-order valence-electron chi connectivity index (χ1n) is 2.96. The van der Waals surface area contributed by atoms with Crippen LogP contribution in [0.4, 0.5) is 0 Å². The van der Waals surface area contributed by atoms with Crippen LogP contribution in [0.2, 0.25) is 0 Å². The summed E-state index contributed by atoms with van der Waals surface area (Å²) >= 11 is 1.06. The molecule has 60 valence electrons. The van der Waals surface area contributed by atoms with Gasteiger partial charge in [-0.25, -0.2) is 0 Å². The van der Waals surface area contributed by atoms with Gasteiger partial charge in [-0.05, 0) is 35.7 Å². The molecule has 1 aromatic rings. The molecule has 0 saturated heterocycles. The molecule has 0 bridgehead atoms. The van der Waals surface area contributed by atoms with Gasteiger partial charge in [-0.15, -0.1) is 0 Å². The first-order chi connectivity index (χ1) is 5.11. The Morgan fingerprint density at radius 3 is 2.50 bits per heavy atom. The number of benzene rings is 1. The summed E-state index contributed by atoms with van der Waals surface area (Å²) in [5, 5.41) is 0. The van der Waals surface area contributed by atoms with Gasteiger partial charge in [-0.3, -0.25) is 4.21 Å². The molecule has 0 heterocycles. The van der Waals surface area contributed by atoms with Crippen LogP contribution in [0.5, 0.6) is 0 Å². The van der Waals surface area contributed by atoms with Gasteiger partial charge in [-0.2, -0.15) is 0 Å². The van der Waals surface area contributed by atoms with Crippen LogP contribution in [0.1, 0.15) is 5.56 Å². The summed E-state index contributed by atoms with van der Waals surface area (Å²) in [6, 6.07) is 5.15. The van der Waals surface area contributed by atoms with Gasteiger partial charge in [0.25, 0.3) is 0 Å². The van der Waals surface area contributed by atoms with Gasteiger partial charge in [0.05, 0.1) is 0 Å². The predicted octanol–water partition coefficient (Wildman–Crippen LogP) is -1.00. The molecule has 0 fully saturated rings. The third-order valence-electron chi connectivity index (χ3n) is 1.33. The molecule has 5 heteroatoms. The van der Waals surface area contributed by atoms with Gasteiger partial charge in [0, 0.05) is 9.37 Å². The fraction of sp³-hybridized carbons (Fsp3) is 0.143. The molecule has 0 aliphatic heterocycles. The van der Waals surface area contributed by atoms with Gasteiger partial charge >= 0.3 is 29.6 Å². The molecule has 0 spiro atoms. The maximum absolute atomic E-state index is 10.6. The largest absolute Gasteiger partial charge is 1.00 e. The van der Waals surface area contributed by atoms with E-state index in [4.69, 9.17) is 0 Å². The fourth-order valence-electron chi connectivity index (χ4n) is 0.753. The van der Waals surface area contributed by atoms with Crippen LogP contribution in [0.15, 0.2) is 27.6 Å². The molecule has 0 radical (unpaired) electrons. The van der Waals surface area contributed by atoms with Crippen molar-refractivity contribution in [1.82, 2.24) is 0 Å². The molecule has 1 rings (SSSR count). The van der Waals surface area contributed by atoms with E-state index in [1.165, 1.54) is 0 Å². The van der Waals surface area contributed by atoms with Crippen LogP contribution in [0.3, 0.4) is 0 Å². The zero-order valence-electron chi connectivity index (χ0n) is 6.83. The Labute approximate surface area is 104 Å². The molecule has 1 aromatic carbocycles. The van der Waals surface area contributed by atoms with Crippen molar-refractivity contribution in [3.63, 3.8) is 0 Å². The van der Waals surface area contributed by atoms with Crippen molar-refractivity contribution in [3.8, 4) is 0 Å². The third kappa shape index (κ3) is 3.28. The average molecular weight is 257 g/mol. The molecule has 0 saturated carbocycles. The van der Waals surface area contributed by atoms with Gasteiger partial charge in [0.2, 0.25) is 0 Å². The van der Waals surface area contributed by atoms with Crippen LogP contribution in [-0.2, 0) is 11.1 Å². The summed E-state index contributed by atoms with van der Waals surface area (Å²) < 4.78 is 21.9. The van der Waals surface area contributed by atoms with E-state index in [0.29, 0.717) is 4.90 Å². The molecule has 12 heavy (non-hydrogen) atoms. The number of hydrogen-bond acceptors (Lipinski definition) is 2. The van der Waals surface area contributed by atoms with Crippen LogP contribution < -0.4 is 29.6 Å². The topological polar surface area (TPSA) is 40.1 Å². The van der Waals surface area contributed by atoms with E-state index in [9.17, 15) is 8.76 Å². The maximum atomic E-state index is 10.6. The van der Waals surface area contributed by atoms with Crippen molar-refractivity contribution in [2.24, 2.45) is 0 Å². The Kier molecular flexibility index (Phi) is 5.89. The first kappa shape index (κ1) is 12.8. The van der Waals surface area contributed by atoms with E-state index in [0.717, 1.165) is 10.0 Å². The summed E-state index contributed by atoms with van der Waals surface area (Å²) in [6.45, 7) is 1.76. The van der Waals surface area contributed by atoms with Crippen molar-refractivity contribution < 1.29 is 38.3 Å². The quantitative estimate of drug-likeness (QED) is 0.478.